The Morgan fingerprint density at radius 2 is 2.00 bits per heavy atom. The van der Waals surface area contributed by atoms with E-state index in [2.05, 4.69) is 4.72 Å². The lowest BCUT2D eigenvalue weighted by atomic mass is 9.81. The Labute approximate surface area is 138 Å². The minimum Gasteiger partial charge on any atom is -0.329 e. The maximum absolute atomic E-state index is 13.0. The third-order valence-corrected chi connectivity index (χ3v) is 6.39. The van der Waals surface area contributed by atoms with Crippen molar-refractivity contribution < 1.29 is 13.2 Å². The second kappa shape index (κ2) is 6.59. The zero-order valence-electron chi connectivity index (χ0n) is 13.9. The number of anilines is 1. The van der Waals surface area contributed by atoms with Crippen molar-refractivity contribution >= 4 is 21.6 Å². The first kappa shape index (κ1) is 17.9. The van der Waals surface area contributed by atoms with Gasteiger partial charge in [-0.3, -0.25) is 4.79 Å². The number of carbonyl (C=O) groups excluding carboxylic acids is 1. The molecule has 23 heavy (non-hydrogen) atoms. The van der Waals surface area contributed by atoms with Crippen LogP contribution in [0.2, 0.25) is 0 Å². The largest absolute Gasteiger partial charge is 0.329 e. The first-order valence-electron chi connectivity index (χ1n) is 7.93. The van der Waals surface area contributed by atoms with E-state index in [1.807, 2.05) is 13.8 Å². The first-order valence-corrected chi connectivity index (χ1v) is 9.42. The Morgan fingerprint density at radius 1 is 1.35 bits per heavy atom. The number of nitrogens with two attached hydrogens (primary N) is 1. The first-order chi connectivity index (χ1) is 10.8. The highest BCUT2D eigenvalue weighted by molar-refractivity contribution is 7.89. The average Bonchev–Trinajstić information content (AvgIpc) is 2.99. The minimum absolute atomic E-state index is 0.0113. The van der Waals surface area contributed by atoms with Crippen LogP contribution in [0, 0.1) is 5.41 Å². The number of sulfonamides is 1. The number of benzene rings is 1. The van der Waals surface area contributed by atoms with Gasteiger partial charge < -0.3 is 10.6 Å². The summed E-state index contributed by atoms with van der Waals surface area (Å²) in [4.78, 5) is 14.9. The molecular formula is C16H25N3O3S. The van der Waals surface area contributed by atoms with Crippen LogP contribution in [0.5, 0.6) is 0 Å². The molecule has 0 fully saturated rings. The third-order valence-electron chi connectivity index (χ3n) is 4.97. The van der Waals surface area contributed by atoms with E-state index in [1.54, 1.807) is 23.1 Å². The third kappa shape index (κ3) is 3.00. The average molecular weight is 339 g/mol. The molecule has 0 aromatic heterocycles. The predicted octanol–water partition coefficient (Wildman–Crippen LogP) is 1.25. The van der Waals surface area contributed by atoms with E-state index >= 15 is 0 Å². The summed E-state index contributed by atoms with van der Waals surface area (Å²) in [6, 6.07) is 4.95. The van der Waals surface area contributed by atoms with E-state index in [9.17, 15) is 13.2 Å². The summed E-state index contributed by atoms with van der Waals surface area (Å²) < 4.78 is 26.3. The molecule has 1 aromatic rings. The van der Waals surface area contributed by atoms with Crippen molar-refractivity contribution in [3.63, 3.8) is 0 Å². The fourth-order valence-electron chi connectivity index (χ4n) is 3.07. The molecule has 0 spiro atoms. The molecule has 0 unspecified atom stereocenters. The summed E-state index contributed by atoms with van der Waals surface area (Å²) in [5.74, 6) is -0.0113. The van der Waals surface area contributed by atoms with E-state index in [0.29, 0.717) is 31.6 Å². The molecule has 1 aliphatic rings. The molecule has 0 saturated carbocycles. The summed E-state index contributed by atoms with van der Waals surface area (Å²) in [5, 5.41) is 0. The van der Waals surface area contributed by atoms with Crippen LogP contribution in [-0.2, 0) is 21.2 Å². The van der Waals surface area contributed by atoms with Gasteiger partial charge in [-0.15, -0.1) is 0 Å². The maximum Gasteiger partial charge on any atom is 0.240 e. The van der Waals surface area contributed by atoms with Crippen molar-refractivity contribution in [3.8, 4) is 0 Å². The van der Waals surface area contributed by atoms with Crippen molar-refractivity contribution in [1.82, 2.24) is 4.72 Å². The molecule has 1 aliphatic heterocycles. The van der Waals surface area contributed by atoms with Gasteiger partial charge in [0.15, 0.2) is 0 Å². The summed E-state index contributed by atoms with van der Waals surface area (Å²) in [6.07, 6.45) is 2.06. The summed E-state index contributed by atoms with van der Waals surface area (Å²) in [6.45, 7) is 4.79. The molecule has 0 atom stereocenters. The smallest absolute Gasteiger partial charge is 0.240 e. The van der Waals surface area contributed by atoms with E-state index in [1.165, 1.54) is 7.05 Å². The number of nitrogens with one attached hydrogen (secondary N) is 1. The van der Waals surface area contributed by atoms with Crippen LogP contribution in [0.4, 0.5) is 5.69 Å². The second-order valence-corrected chi connectivity index (χ2v) is 7.78. The van der Waals surface area contributed by atoms with Gasteiger partial charge in [0.05, 0.1) is 10.3 Å². The number of amides is 1. The van der Waals surface area contributed by atoms with Gasteiger partial charge in [0.1, 0.15) is 0 Å². The summed E-state index contributed by atoms with van der Waals surface area (Å²) in [7, 11) is -2.16. The molecule has 0 aliphatic carbocycles. The molecule has 1 aromatic carbocycles. The van der Waals surface area contributed by atoms with E-state index in [0.717, 1.165) is 12.0 Å². The fourth-order valence-corrected chi connectivity index (χ4v) is 3.82. The number of rotatable bonds is 6. The lowest BCUT2D eigenvalue weighted by molar-refractivity contribution is -0.128. The van der Waals surface area contributed by atoms with E-state index < -0.39 is 15.4 Å². The topological polar surface area (TPSA) is 92.5 Å². The van der Waals surface area contributed by atoms with Crippen LogP contribution < -0.4 is 15.4 Å². The molecule has 128 valence electrons. The molecule has 7 heteroatoms. The SMILES string of the molecule is CCC(CC)(CN)C(=O)N1CCc2ccc(S(=O)(=O)NC)cc21. The van der Waals surface area contributed by atoms with Gasteiger partial charge in [-0.05, 0) is 44.0 Å². The van der Waals surface area contributed by atoms with Crippen LogP contribution in [0.1, 0.15) is 32.3 Å². The molecule has 0 radical (unpaired) electrons. The highest BCUT2D eigenvalue weighted by Crippen LogP contribution is 2.36. The zero-order chi connectivity index (χ0) is 17.3. The van der Waals surface area contributed by atoms with Crippen LogP contribution in [-0.4, -0.2) is 34.5 Å². The highest BCUT2D eigenvalue weighted by atomic mass is 32.2. The molecule has 1 amide bonds. The number of hydrogen-bond donors (Lipinski definition) is 2. The summed E-state index contributed by atoms with van der Waals surface area (Å²) >= 11 is 0. The van der Waals surface area contributed by atoms with Crippen molar-refractivity contribution in [2.75, 3.05) is 25.0 Å². The number of nitrogens with zero attached hydrogens (tertiary/aromatic N) is 1. The Morgan fingerprint density at radius 3 is 2.52 bits per heavy atom. The second-order valence-electron chi connectivity index (χ2n) is 5.90. The Bertz CT molecular complexity index is 688. The van der Waals surface area contributed by atoms with E-state index in [-0.39, 0.29) is 10.8 Å². The van der Waals surface area contributed by atoms with Crippen LogP contribution in [0.3, 0.4) is 0 Å². The zero-order valence-corrected chi connectivity index (χ0v) is 14.7. The van der Waals surface area contributed by atoms with Gasteiger partial charge in [0, 0.05) is 18.8 Å². The maximum atomic E-state index is 13.0. The lowest BCUT2D eigenvalue weighted by Gasteiger charge is -2.33. The normalized spacial score (nSPS) is 14.9. The standard InChI is InChI=1S/C16H25N3O3S/c1-4-16(5-2,11-17)15(20)19-9-8-12-6-7-13(10-14(12)19)23(21,22)18-3/h6-7,10,18H,4-5,8-9,11,17H2,1-3H3. The van der Waals surface area contributed by atoms with Crippen molar-refractivity contribution in [1.29, 1.82) is 0 Å². The molecule has 0 bridgehead atoms. The van der Waals surface area contributed by atoms with E-state index in [4.69, 9.17) is 5.73 Å². The molecule has 1 heterocycles. The predicted molar refractivity (Wildman–Crippen MR) is 90.8 cm³/mol. The molecule has 6 nitrogen and oxygen atoms in total. The number of hydrogen-bond acceptors (Lipinski definition) is 4. The van der Waals surface area contributed by atoms with Gasteiger partial charge in [-0.25, -0.2) is 13.1 Å². The van der Waals surface area contributed by atoms with Crippen molar-refractivity contribution in [2.24, 2.45) is 11.1 Å². The monoisotopic (exact) mass is 339 g/mol. The molecule has 3 N–H and O–H groups in total. The number of carbonyl (C=O) groups is 1. The van der Waals surface area contributed by atoms with Crippen molar-refractivity contribution in [3.05, 3.63) is 23.8 Å². The van der Waals surface area contributed by atoms with Gasteiger partial charge in [0.2, 0.25) is 15.9 Å². The molecule has 2 rings (SSSR count). The quantitative estimate of drug-likeness (QED) is 0.816. The van der Waals surface area contributed by atoms with Crippen molar-refractivity contribution in [2.45, 2.75) is 38.0 Å². The Balaban J connectivity index is 2.45. The van der Waals surface area contributed by atoms with Gasteiger partial charge in [-0.1, -0.05) is 19.9 Å². The highest BCUT2D eigenvalue weighted by Gasteiger charge is 2.39. The fraction of sp³-hybridized carbons (Fsp3) is 0.562. The molecule has 0 saturated heterocycles. The lowest BCUT2D eigenvalue weighted by Crippen LogP contribution is -2.47. The van der Waals surface area contributed by atoms with Gasteiger partial charge in [0.25, 0.3) is 0 Å². The van der Waals surface area contributed by atoms with Crippen LogP contribution in [0.25, 0.3) is 0 Å². The van der Waals surface area contributed by atoms with Crippen LogP contribution >= 0.6 is 0 Å². The Kier molecular flexibility index (Phi) is 5.13. The van der Waals surface area contributed by atoms with Gasteiger partial charge in [-0.2, -0.15) is 0 Å². The van der Waals surface area contributed by atoms with Gasteiger partial charge >= 0.3 is 0 Å². The van der Waals surface area contributed by atoms with Crippen LogP contribution in [0.15, 0.2) is 23.1 Å². The minimum atomic E-state index is -3.53. The summed E-state index contributed by atoms with van der Waals surface area (Å²) in [5.41, 5.74) is 6.98. The molecular weight excluding hydrogens is 314 g/mol. The number of fused-ring (bicyclic) bond motifs is 1. The Hall–Kier alpha value is -1.44.